The van der Waals surface area contributed by atoms with Crippen LogP contribution >= 0.6 is 0 Å². The summed E-state index contributed by atoms with van der Waals surface area (Å²) < 4.78 is 0. The molecule has 0 radical (unpaired) electrons. The number of nitrogens with zero attached hydrogens (tertiary/aromatic N) is 3. The number of nitriles is 1. The minimum Gasteiger partial charge on any atom is -0.356 e. The Bertz CT molecular complexity index is 608. The molecule has 0 N–H and O–H groups in total. The molecule has 19 heavy (non-hydrogen) atoms. The molecule has 2 heterocycles. The van der Waals surface area contributed by atoms with Gasteiger partial charge in [-0.2, -0.15) is 5.26 Å². The van der Waals surface area contributed by atoms with Crippen LogP contribution in [0.2, 0.25) is 0 Å². The molecule has 1 fully saturated rings. The molecule has 0 amide bonds. The van der Waals surface area contributed by atoms with Gasteiger partial charge in [-0.25, -0.2) is 4.98 Å². The molecule has 1 aromatic heterocycles. The minimum absolute atomic E-state index is 0.670. The van der Waals surface area contributed by atoms with Crippen molar-refractivity contribution in [2.24, 2.45) is 0 Å². The third-order valence-electron chi connectivity index (χ3n) is 3.50. The van der Waals surface area contributed by atoms with E-state index in [1.54, 1.807) is 0 Å². The summed E-state index contributed by atoms with van der Waals surface area (Å²) in [7, 11) is 0. The number of benzene rings is 1. The lowest BCUT2D eigenvalue weighted by atomic mass is 10.1. The zero-order valence-corrected chi connectivity index (χ0v) is 10.7. The van der Waals surface area contributed by atoms with Crippen molar-refractivity contribution in [3.8, 4) is 17.2 Å². The fourth-order valence-electron chi connectivity index (χ4n) is 2.51. The fourth-order valence-corrected chi connectivity index (χ4v) is 2.51. The number of pyridine rings is 1. The molecule has 0 bridgehead atoms. The van der Waals surface area contributed by atoms with Gasteiger partial charge in [-0.05, 0) is 24.5 Å². The van der Waals surface area contributed by atoms with Gasteiger partial charge in [-0.3, -0.25) is 0 Å². The van der Waals surface area contributed by atoms with E-state index in [1.165, 1.54) is 12.8 Å². The Morgan fingerprint density at radius 3 is 2.47 bits per heavy atom. The molecule has 0 saturated carbocycles. The predicted octanol–water partition coefficient (Wildman–Crippen LogP) is 3.22. The summed E-state index contributed by atoms with van der Waals surface area (Å²) in [6.07, 6.45) is 4.24. The summed E-state index contributed by atoms with van der Waals surface area (Å²) in [4.78, 5) is 6.71. The molecule has 3 nitrogen and oxygen atoms in total. The first kappa shape index (κ1) is 11.7. The van der Waals surface area contributed by atoms with Gasteiger partial charge in [0.1, 0.15) is 11.9 Å². The second-order valence-corrected chi connectivity index (χ2v) is 4.77. The van der Waals surface area contributed by atoms with E-state index in [-0.39, 0.29) is 0 Å². The summed E-state index contributed by atoms with van der Waals surface area (Å²) in [5, 5.41) is 9.33. The topological polar surface area (TPSA) is 39.9 Å². The van der Waals surface area contributed by atoms with Crippen LogP contribution in [0.15, 0.2) is 42.6 Å². The van der Waals surface area contributed by atoms with Gasteiger partial charge in [0, 0.05) is 24.8 Å². The van der Waals surface area contributed by atoms with Crippen LogP contribution in [0.25, 0.3) is 11.1 Å². The Morgan fingerprint density at radius 2 is 1.79 bits per heavy atom. The van der Waals surface area contributed by atoms with Crippen LogP contribution in [0.1, 0.15) is 18.4 Å². The Labute approximate surface area is 113 Å². The number of rotatable bonds is 2. The van der Waals surface area contributed by atoms with E-state index >= 15 is 0 Å². The van der Waals surface area contributed by atoms with Crippen molar-refractivity contribution in [2.45, 2.75) is 12.8 Å². The van der Waals surface area contributed by atoms with Crippen LogP contribution in [-0.4, -0.2) is 18.1 Å². The van der Waals surface area contributed by atoms with E-state index in [0.717, 1.165) is 30.0 Å². The normalized spacial score (nSPS) is 14.4. The first-order chi connectivity index (χ1) is 9.38. The van der Waals surface area contributed by atoms with Gasteiger partial charge in [0.2, 0.25) is 0 Å². The minimum atomic E-state index is 0.670. The van der Waals surface area contributed by atoms with Gasteiger partial charge in [0.25, 0.3) is 0 Å². The van der Waals surface area contributed by atoms with Crippen molar-refractivity contribution in [1.82, 2.24) is 4.98 Å². The number of hydrogen-bond acceptors (Lipinski definition) is 3. The van der Waals surface area contributed by atoms with Crippen LogP contribution in [0.4, 0.5) is 5.82 Å². The summed E-state index contributed by atoms with van der Waals surface area (Å²) in [5.74, 6) is 0.833. The molecule has 2 aromatic rings. The number of hydrogen-bond donors (Lipinski definition) is 0. The van der Waals surface area contributed by atoms with Crippen molar-refractivity contribution in [3.05, 3.63) is 48.2 Å². The average molecular weight is 249 g/mol. The van der Waals surface area contributed by atoms with Crippen LogP contribution in [0.3, 0.4) is 0 Å². The van der Waals surface area contributed by atoms with Crippen molar-refractivity contribution in [3.63, 3.8) is 0 Å². The molecule has 94 valence electrons. The second kappa shape index (κ2) is 5.11. The number of aromatic nitrogens is 1. The molecule has 0 spiro atoms. The highest BCUT2D eigenvalue weighted by Crippen LogP contribution is 2.26. The van der Waals surface area contributed by atoms with E-state index in [9.17, 15) is 5.26 Å². The summed E-state index contributed by atoms with van der Waals surface area (Å²) in [6.45, 7) is 2.01. The highest BCUT2D eigenvalue weighted by molar-refractivity contribution is 5.68. The predicted molar refractivity (Wildman–Crippen MR) is 75.8 cm³/mol. The molecule has 3 heteroatoms. The maximum atomic E-state index is 9.33. The van der Waals surface area contributed by atoms with Crippen molar-refractivity contribution in [2.75, 3.05) is 18.0 Å². The Morgan fingerprint density at radius 1 is 1.05 bits per heavy atom. The molecule has 1 saturated heterocycles. The van der Waals surface area contributed by atoms with Crippen LogP contribution < -0.4 is 4.90 Å². The maximum Gasteiger partial charge on any atom is 0.146 e. The van der Waals surface area contributed by atoms with E-state index in [4.69, 9.17) is 0 Å². The molecule has 0 unspecified atom stereocenters. The van der Waals surface area contributed by atoms with Crippen LogP contribution in [-0.2, 0) is 0 Å². The Hall–Kier alpha value is -2.34. The average Bonchev–Trinajstić information content (AvgIpc) is 3.01. The van der Waals surface area contributed by atoms with Crippen molar-refractivity contribution >= 4 is 5.82 Å². The summed E-state index contributed by atoms with van der Waals surface area (Å²) in [6, 6.07) is 14.3. The number of anilines is 1. The van der Waals surface area contributed by atoms with Crippen LogP contribution in [0.5, 0.6) is 0 Å². The van der Waals surface area contributed by atoms with E-state index in [0.29, 0.717) is 5.56 Å². The van der Waals surface area contributed by atoms with Gasteiger partial charge < -0.3 is 4.90 Å². The molecule has 1 aliphatic heterocycles. The van der Waals surface area contributed by atoms with Gasteiger partial charge in [0.15, 0.2) is 0 Å². The smallest absolute Gasteiger partial charge is 0.146 e. The fraction of sp³-hybridized carbons (Fsp3) is 0.250. The van der Waals surface area contributed by atoms with Crippen LogP contribution in [0, 0.1) is 11.3 Å². The third kappa shape index (κ3) is 2.30. The van der Waals surface area contributed by atoms with Gasteiger partial charge in [-0.15, -0.1) is 0 Å². The molecule has 1 aromatic carbocycles. The molecule has 0 aliphatic carbocycles. The summed E-state index contributed by atoms with van der Waals surface area (Å²) >= 11 is 0. The van der Waals surface area contributed by atoms with Gasteiger partial charge in [-0.1, -0.05) is 30.3 Å². The highest BCUT2D eigenvalue weighted by Gasteiger charge is 2.17. The summed E-state index contributed by atoms with van der Waals surface area (Å²) in [5.41, 5.74) is 2.77. The lowest BCUT2D eigenvalue weighted by Crippen LogP contribution is -2.20. The largest absolute Gasteiger partial charge is 0.356 e. The van der Waals surface area contributed by atoms with Gasteiger partial charge in [0.05, 0.1) is 5.56 Å². The zero-order chi connectivity index (χ0) is 13.1. The van der Waals surface area contributed by atoms with E-state index < -0.39 is 0 Å². The third-order valence-corrected chi connectivity index (χ3v) is 3.50. The van der Waals surface area contributed by atoms with Crippen molar-refractivity contribution in [1.29, 1.82) is 5.26 Å². The SMILES string of the molecule is N#Cc1cc(-c2ccccc2)cnc1N1CCCC1. The molecule has 3 rings (SSSR count). The molecule has 1 aliphatic rings. The van der Waals surface area contributed by atoms with E-state index in [1.807, 2.05) is 42.6 Å². The molecular weight excluding hydrogens is 234 g/mol. The molecule has 0 atom stereocenters. The zero-order valence-electron chi connectivity index (χ0n) is 10.7. The lowest BCUT2D eigenvalue weighted by Gasteiger charge is -2.18. The first-order valence-electron chi connectivity index (χ1n) is 6.59. The van der Waals surface area contributed by atoms with Crippen molar-refractivity contribution < 1.29 is 0 Å². The van der Waals surface area contributed by atoms with E-state index in [2.05, 4.69) is 16.0 Å². The van der Waals surface area contributed by atoms with Gasteiger partial charge >= 0.3 is 0 Å². The first-order valence-corrected chi connectivity index (χ1v) is 6.59. The maximum absolute atomic E-state index is 9.33. The Balaban J connectivity index is 2.00. The Kier molecular flexibility index (Phi) is 3.16. The second-order valence-electron chi connectivity index (χ2n) is 4.77. The highest BCUT2D eigenvalue weighted by atomic mass is 15.2. The monoisotopic (exact) mass is 249 g/mol. The lowest BCUT2D eigenvalue weighted by molar-refractivity contribution is 0.934. The quantitative estimate of drug-likeness (QED) is 0.820. The standard InChI is InChI=1S/C16H15N3/c17-11-14-10-15(13-6-2-1-3-7-13)12-18-16(14)19-8-4-5-9-19/h1-3,6-7,10,12H,4-5,8-9H2. The molecular formula is C16H15N3.